The molecule has 0 spiro atoms. The summed E-state index contributed by atoms with van der Waals surface area (Å²) in [7, 11) is 0. The molecule has 4 fully saturated rings. The molecule has 4 aliphatic carbocycles. The first-order valence-corrected chi connectivity index (χ1v) is 10.1. The van der Waals surface area contributed by atoms with Crippen molar-refractivity contribution in [2.45, 2.75) is 70.4 Å². The molecule has 0 radical (unpaired) electrons. The van der Waals surface area contributed by atoms with E-state index in [1.165, 1.54) is 19.3 Å². The van der Waals surface area contributed by atoms with Crippen LogP contribution in [0.1, 0.15) is 69.2 Å². The number of benzene rings is 1. The summed E-state index contributed by atoms with van der Waals surface area (Å²) in [5, 5.41) is 3.37. The van der Waals surface area contributed by atoms with Gasteiger partial charge in [-0.2, -0.15) is 0 Å². The van der Waals surface area contributed by atoms with Gasteiger partial charge in [-0.15, -0.1) is 0 Å². The normalized spacial score (nSPS) is 32.9. The van der Waals surface area contributed by atoms with E-state index in [9.17, 15) is 9.59 Å². The predicted octanol–water partition coefficient (Wildman–Crippen LogP) is 4.13. The van der Waals surface area contributed by atoms with E-state index in [0.717, 1.165) is 37.0 Å². The molecule has 1 atom stereocenters. The highest BCUT2D eigenvalue weighted by Gasteiger charge is 2.51. The van der Waals surface area contributed by atoms with E-state index in [1.54, 1.807) is 31.2 Å². The van der Waals surface area contributed by atoms with Crippen molar-refractivity contribution < 1.29 is 14.3 Å². The molecule has 0 heterocycles. The lowest BCUT2D eigenvalue weighted by molar-refractivity contribution is -0.133. The molecule has 0 aromatic heterocycles. The highest BCUT2D eigenvalue weighted by atomic mass is 16.5. The van der Waals surface area contributed by atoms with Gasteiger partial charge in [-0.25, -0.2) is 0 Å². The molecule has 140 valence electrons. The van der Waals surface area contributed by atoms with Crippen molar-refractivity contribution >= 4 is 11.7 Å². The first-order valence-electron chi connectivity index (χ1n) is 10.1. The van der Waals surface area contributed by atoms with Gasteiger partial charge >= 0.3 is 0 Å². The van der Waals surface area contributed by atoms with Crippen molar-refractivity contribution in [2.24, 2.45) is 17.8 Å². The van der Waals surface area contributed by atoms with Crippen LogP contribution in [0.15, 0.2) is 24.3 Å². The molecule has 1 aromatic carbocycles. The summed E-state index contributed by atoms with van der Waals surface area (Å²) in [6.45, 7) is 3.66. The Labute approximate surface area is 155 Å². The highest BCUT2D eigenvalue weighted by molar-refractivity contribution is 5.95. The van der Waals surface area contributed by atoms with Crippen molar-refractivity contribution in [1.82, 2.24) is 5.32 Å². The standard InChI is InChI=1S/C22H29NO3/c1-3-20(24)18-4-6-19(7-5-18)26-14(2)21(25)23-22-11-15-8-16(12-22)10-17(9-15)13-22/h4-7,14-17H,3,8-13H2,1-2H3,(H,23,25)/t14-,15?,16?,17?,22?/m1/s1. The van der Waals surface area contributed by atoms with E-state index < -0.39 is 6.10 Å². The number of carbonyl (C=O) groups is 2. The smallest absolute Gasteiger partial charge is 0.261 e. The third-order valence-electron chi connectivity index (χ3n) is 6.61. The molecule has 26 heavy (non-hydrogen) atoms. The summed E-state index contributed by atoms with van der Waals surface area (Å²) in [5.41, 5.74) is 0.700. The van der Waals surface area contributed by atoms with Crippen molar-refractivity contribution in [3.8, 4) is 5.75 Å². The van der Waals surface area contributed by atoms with Gasteiger partial charge in [0.25, 0.3) is 5.91 Å². The maximum Gasteiger partial charge on any atom is 0.261 e. The Hall–Kier alpha value is -1.84. The van der Waals surface area contributed by atoms with Crippen LogP contribution >= 0.6 is 0 Å². The van der Waals surface area contributed by atoms with Crippen LogP contribution in [0.4, 0.5) is 0 Å². The molecule has 4 nitrogen and oxygen atoms in total. The van der Waals surface area contributed by atoms with Gasteiger partial charge < -0.3 is 10.1 Å². The maximum atomic E-state index is 12.8. The van der Waals surface area contributed by atoms with E-state index in [2.05, 4.69) is 5.32 Å². The maximum absolute atomic E-state index is 12.8. The number of carbonyl (C=O) groups excluding carboxylic acids is 2. The fraction of sp³-hybridized carbons (Fsp3) is 0.636. The lowest BCUT2D eigenvalue weighted by Crippen LogP contribution is -2.61. The van der Waals surface area contributed by atoms with Crippen molar-refractivity contribution in [3.05, 3.63) is 29.8 Å². The first kappa shape index (κ1) is 17.6. The van der Waals surface area contributed by atoms with Crippen LogP contribution in [0, 0.1) is 17.8 Å². The predicted molar refractivity (Wildman–Crippen MR) is 100 cm³/mol. The second-order valence-corrected chi connectivity index (χ2v) is 8.75. The van der Waals surface area contributed by atoms with Gasteiger partial charge in [-0.3, -0.25) is 9.59 Å². The van der Waals surface area contributed by atoms with Gasteiger partial charge in [0.05, 0.1) is 0 Å². The van der Waals surface area contributed by atoms with Gasteiger partial charge in [0.2, 0.25) is 0 Å². The van der Waals surface area contributed by atoms with Gasteiger partial charge in [-0.05, 0) is 87.5 Å². The number of hydrogen-bond donors (Lipinski definition) is 1. The van der Waals surface area contributed by atoms with Gasteiger partial charge in [0, 0.05) is 17.5 Å². The third kappa shape index (κ3) is 3.38. The Balaban J connectivity index is 1.37. The van der Waals surface area contributed by atoms with E-state index in [1.807, 2.05) is 6.92 Å². The Kier molecular flexibility index (Phi) is 4.54. The zero-order valence-corrected chi connectivity index (χ0v) is 15.8. The summed E-state index contributed by atoms with van der Waals surface area (Å²) in [6, 6.07) is 7.09. The van der Waals surface area contributed by atoms with Crippen LogP contribution in [0.3, 0.4) is 0 Å². The second kappa shape index (κ2) is 6.71. The average molecular weight is 355 g/mol. The van der Waals surface area contributed by atoms with E-state index >= 15 is 0 Å². The molecule has 1 amide bonds. The van der Waals surface area contributed by atoms with Crippen LogP contribution in [0.25, 0.3) is 0 Å². The number of ether oxygens (including phenoxy) is 1. The number of Topliss-reactive ketones (excluding diaryl/α,β-unsaturated/α-hetero) is 1. The van der Waals surface area contributed by atoms with Crippen molar-refractivity contribution in [2.75, 3.05) is 0 Å². The fourth-order valence-corrected chi connectivity index (χ4v) is 5.81. The molecule has 4 saturated carbocycles. The Morgan fingerprint density at radius 1 is 1.08 bits per heavy atom. The Morgan fingerprint density at radius 2 is 1.62 bits per heavy atom. The summed E-state index contributed by atoms with van der Waals surface area (Å²) < 4.78 is 5.84. The summed E-state index contributed by atoms with van der Waals surface area (Å²) in [5.74, 6) is 3.15. The Bertz CT molecular complexity index is 659. The second-order valence-electron chi connectivity index (χ2n) is 8.75. The van der Waals surface area contributed by atoms with E-state index in [4.69, 9.17) is 4.74 Å². The largest absolute Gasteiger partial charge is 0.481 e. The average Bonchev–Trinajstić information content (AvgIpc) is 2.60. The Morgan fingerprint density at radius 3 is 2.12 bits per heavy atom. The molecule has 4 bridgehead atoms. The SMILES string of the molecule is CCC(=O)c1ccc(O[C@H](C)C(=O)NC23CC4CC(CC(C4)C2)C3)cc1. The fourth-order valence-electron chi connectivity index (χ4n) is 5.81. The lowest BCUT2D eigenvalue weighted by atomic mass is 9.53. The van der Waals surface area contributed by atoms with Crippen LogP contribution in [0.2, 0.25) is 0 Å². The number of rotatable bonds is 6. The molecule has 4 heteroatoms. The molecule has 4 aliphatic rings. The molecule has 0 unspecified atom stereocenters. The minimum absolute atomic E-state index is 0.0133. The molecule has 5 rings (SSSR count). The lowest BCUT2D eigenvalue weighted by Gasteiger charge is -2.57. The third-order valence-corrected chi connectivity index (χ3v) is 6.61. The number of hydrogen-bond acceptors (Lipinski definition) is 3. The summed E-state index contributed by atoms with van der Waals surface area (Å²) >= 11 is 0. The van der Waals surface area contributed by atoms with E-state index in [0.29, 0.717) is 17.7 Å². The molecule has 0 aliphatic heterocycles. The first-order chi connectivity index (χ1) is 12.5. The van der Waals surface area contributed by atoms with Crippen molar-refractivity contribution in [1.29, 1.82) is 0 Å². The van der Waals surface area contributed by atoms with E-state index in [-0.39, 0.29) is 17.2 Å². The zero-order valence-electron chi connectivity index (χ0n) is 15.8. The summed E-state index contributed by atoms with van der Waals surface area (Å²) in [4.78, 5) is 24.5. The number of ketones is 1. The molecular weight excluding hydrogens is 326 g/mol. The highest BCUT2D eigenvalue weighted by Crippen LogP contribution is 2.55. The monoisotopic (exact) mass is 355 g/mol. The minimum atomic E-state index is -0.532. The van der Waals surface area contributed by atoms with Gasteiger partial charge in [0.1, 0.15) is 5.75 Å². The van der Waals surface area contributed by atoms with Gasteiger partial charge in [-0.1, -0.05) is 6.92 Å². The van der Waals surface area contributed by atoms with Crippen molar-refractivity contribution in [3.63, 3.8) is 0 Å². The topological polar surface area (TPSA) is 55.4 Å². The molecule has 1 N–H and O–H groups in total. The van der Waals surface area contributed by atoms with Crippen LogP contribution in [-0.4, -0.2) is 23.3 Å². The van der Waals surface area contributed by atoms with Crippen LogP contribution in [0.5, 0.6) is 5.75 Å². The molecular formula is C22H29NO3. The van der Waals surface area contributed by atoms with Crippen LogP contribution < -0.4 is 10.1 Å². The number of amides is 1. The minimum Gasteiger partial charge on any atom is -0.481 e. The quantitative estimate of drug-likeness (QED) is 0.781. The zero-order chi connectivity index (χ0) is 18.3. The van der Waals surface area contributed by atoms with Crippen LogP contribution in [-0.2, 0) is 4.79 Å². The summed E-state index contributed by atoms with van der Waals surface area (Å²) in [6.07, 6.45) is 7.49. The number of nitrogens with one attached hydrogen (secondary N) is 1. The van der Waals surface area contributed by atoms with Gasteiger partial charge in [0.15, 0.2) is 11.9 Å². The molecule has 1 aromatic rings. The molecule has 0 saturated heterocycles.